The van der Waals surface area contributed by atoms with Gasteiger partial charge in [-0.3, -0.25) is 4.57 Å². The Bertz CT molecular complexity index is 4790. The van der Waals surface area contributed by atoms with Crippen molar-refractivity contribution in [3.63, 3.8) is 0 Å². The lowest BCUT2D eigenvalue weighted by Crippen LogP contribution is -2.03. The first-order chi connectivity index (χ1) is 33.8. The molecule has 0 radical (unpaired) electrons. The van der Waals surface area contributed by atoms with Crippen molar-refractivity contribution in [1.29, 1.82) is 0 Å². The monoisotopic (exact) mass is 881 g/mol. The molecule has 5 nitrogen and oxygen atoms in total. The van der Waals surface area contributed by atoms with E-state index in [4.69, 9.17) is 9.97 Å². The van der Waals surface area contributed by atoms with Crippen molar-refractivity contribution in [3.8, 4) is 28.6 Å². The Balaban J connectivity index is 1.12. The minimum atomic E-state index is 0.661. The van der Waals surface area contributed by atoms with Crippen LogP contribution in [0.4, 0.5) is 0 Å². The summed E-state index contributed by atoms with van der Waals surface area (Å²) >= 11 is 1.78. The molecule has 0 amide bonds. The summed E-state index contributed by atoms with van der Waals surface area (Å²) in [5.74, 6) is 0.661. The molecule has 5 aromatic heterocycles. The van der Waals surface area contributed by atoms with Gasteiger partial charge in [0.25, 0.3) is 0 Å². The van der Waals surface area contributed by atoms with E-state index in [0.29, 0.717) is 5.95 Å². The van der Waals surface area contributed by atoms with Crippen LogP contribution in [0.2, 0.25) is 0 Å². The van der Waals surface area contributed by atoms with Crippen molar-refractivity contribution >= 4 is 129 Å². The lowest BCUT2D eigenvalue weighted by Gasteiger charge is -2.14. The molecule has 11 aromatic carbocycles. The molecule has 68 heavy (non-hydrogen) atoms. The molecule has 5 heterocycles. The van der Waals surface area contributed by atoms with Gasteiger partial charge in [-0.1, -0.05) is 164 Å². The largest absolute Gasteiger partial charge is 0.307 e. The van der Waals surface area contributed by atoms with E-state index in [1.165, 1.54) is 75.2 Å². The minimum absolute atomic E-state index is 0.661. The van der Waals surface area contributed by atoms with Crippen molar-refractivity contribution in [1.82, 2.24) is 23.7 Å². The van der Waals surface area contributed by atoms with Crippen LogP contribution in [0, 0.1) is 0 Å². The molecule has 314 valence electrons. The number of nitrogens with zero attached hydrogens (tertiary/aromatic N) is 5. The number of aromatic nitrogens is 5. The molecule has 0 unspecified atom stereocenters. The van der Waals surface area contributed by atoms with Gasteiger partial charge in [0.15, 0.2) is 0 Å². The van der Waals surface area contributed by atoms with E-state index in [1.54, 1.807) is 11.3 Å². The second-order valence-corrected chi connectivity index (χ2v) is 19.1. The van der Waals surface area contributed by atoms with Gasteiger partial charge in [-0.05, 0) is 70.1 Å². The van der Waals surface area contributed by atoms with Crippen LogP contribution in [-0.2, 0) is 0 Å². The average Bonchev–Trinajstić information content (AvgIpc) is 4.14. The molecule has 0 bridgehead atoms. The third kappa shape index (κ3) is 4.73. The van der Waals surface area contributed by atoms with Gasteiger partial charge in [-0.25, -0.2) is 9.97 Å². The van der Waals surface area contributed by atoms with E-state index in [2.05, 4.69) is 226 Å². The van der Waals surface area contributed by atoms with Gasteiger partial charge in [0.05, 0.1) is 54.7 Å². The van der Waals surface area contributed by atoms with E-state index < -0.39 is 0 Å². The quantitative estimate of drug-likeness (QED) is 0.165. The molecule has 16 aromatic rings. The molecule has 0 aliphatic heterocycles. The molecule has 6 heteroatoms. The van der Waals surface area contributed by atoms with E-state index in [0.717, 1.165) is 65.4 Å². The summed E-state index contributed by atoms with van der Waals surface area (Å²) in [6.07, 6.45) is 0. The number of hydrogen-bond acceptors (Lipinski definition) is 3. The molecular formula is C62H35N5S. The highest BCUT2D eigenvalue weighted by molar-refractivity contribution is 7.26. The van der Waals surface area contributed by atoms with Crippen LogP contribution >= 0.6 is 11.3 Å². The topological polar surface area (TPSA) is 40.6 Å². The predicted octanol–water partition coefficient (Wildman–Crippen LogP) is 16.7. The molecule has 0 spiro atoms. The third-order valence-electron chi connectivity index (χ3n) is 14.6. The third-order valence-corrected chi connectivity index (χ3v) is 15.7. The molecule has 0 atom stereocenters. The molecule has 0 aliphatic carbocycles. The van der Waals surface area contributed by atoms with Gasteiger partial charge in [0, 0.05) is 64.4 Å². The zero-order valence-electron chi connectivity index (χ0n) is 36.4. The lowest BCUT2D eigenvalue weighted by atomic mass is 9.98. The van der Waals surface area contributed by atoms with E-state index >= 15 is 0 Å². The van der Waals surface area contributed by atoms with E-state index in [1.807, 2.05) is 0 Å². The molecule has 0 saturated heterocycles. The zero-order chi connectivity index (χ0) is 44.2. The fourth-order valence-corrected chi connectivity index (χ4v) is 12.9. The first-order valence-electron chi connectivity index (χ1n) is 23.2. The molecule has 0 fully saturated rings. The number of benzene rings is 11. The first kappa shape index (κ1) is 36.4. The summed E-state index contributed by atoms with van der Waals surface area (Å²) in [5.41, 5.74) is 12.2. The van der Waals surface area contributed by atoms with Gasteiger partial charge in [-0.15, -0.1) is 11.3 Å². The Hall–Kier alpha value is -8.84. The second kappa shape index (κ2) is 13.4. The van der Waals surface area contributed by atoms with Crippen molar-refractivity contribution in [2.24, 2.45) is 0 Å². The summed E-state index contributed by atoms with van der Waals surface area (Å²) in [4.78, 5) is 11.4. The van der Waals surface area contributed by atoms with Crippen LogP contribution < -0.4 is 0 Å². The molecule has 0 N–H and O–H groups in total. The van der Waals surface area contributed by atoms with Crippen molar-refractivity contribution in [2.45, 2.75) is 0 Å². The molecule has 16 rings (SSSR count). The van der Waals surface area contributed by atoms with Crippen molar-refractivity contribution in [2.75, 3.05) is 0 Å². The van der Waals surface area contributed by atoms with E-state index in [-0.39, 0.29) is 0 Å². The van der Waals surface area contributed by atoms with Crippen LogP contribution in [0.25, 0.3) is 147 Å². The standard InChI is InChI=1S/C62H35N5S/c1-2-20-39(21-3-1)65-50-28-11-8-24-42(50)47-34-38-32-33-46-55-52(66(60(54(38)55)59(47)65)49-30-15-19-37-17-5-7-23-41(37)49)35-48-43-25-9-12-29-51(43)67(58(46)48)62-63-56(44-27-14-18-36-16-4-6-22-40(36)44)61-57(64-62)45-26-10-13-31-53(45)68-61/h1-35H. The smallest absolute Gasteiger partial charge is 0.235 e. The summed E-state index contributed by atoms with van der Waals surface area (Å²) in [6, 6.07) is 77.6. The minimum Gasteiger partial charge on any atom is -0.307 e. The van der Waals surface area contributed by atoms with Crippen LogP contribution in [-0.4, -0.2) is 23.7 Å². The fraction of sp³-hybridized carbons (Fsp3) is 0. The van der Waals surface area contributed by atoms with Gasteiger partial charge >= 0.3 is 0 Å². The van der Waals surface area contributed by atoms with Gasteiger partial charge in [0.2, 0.25) is 5.95 Å². The van der Waals surface area contributed by atoms with Crippen molar-refractivity contribution in [3.05, 3.63) is 212 Å². The van der Waals surface area contributed by atoms with E-state index in [9.17, 15) is 0 Å². The normalized spacial score (nSPS) is 12.4. The van der Waals surface area contributed by atoms with Crippen LogP contribution in [0.5, 0.6) is 0 Å². The van der Waals surface area contributed by atoms with Crippen LogP contribution in [0.1, 0.15) is 0 Å². The average molecular weight is 882 g/mol. The summed E-state index contributed by atoms with van der Waals surface area (Å²) in [7, 11) is 0. The fourth-order valence-electron chi connectivity index (χ4n) is 11.8. The van der Waals surface area contributed by atoms with Crippen LogP contribution in [0.15, 0.2) is 212 Å². The second-order valence-electron chi connectivity index (χ2n) is 18.0. The molecule has 0 saturated carbocycles. The lowest BCUT2D eigenvalue weighted by molar-refractivity contribution is 1.02. The first-order valence-corrected chi connectivity index (χ1v) is 24.0. The number of para-hydroxylation sites is 3. The Morgan fingerprint density at radius 3 is 1.79 bits per heavy atom. The predicted molar refractivity (Wildman–Crippen MR) is 287 cm³/mol. The Kier molecular flexibility index (Phi) is 7.16. The summed E-state index contributed by atoms with van der Waals surface area (Å²) in [6.45, 7) is 0. The Morgan fingerprint density at radius 1 is 0.353 bits per heavy atom. The molecule has 0 aliphatic rings. The summed E-state index contributed by atoms with van der Waals surface area (Å²) in [5, 5.41) is 15.5. The SMILES string of the molecule is c1ccc(-n2c3ccccc3c3cc4ccc5c6c4c(c32)n(-c2cccc3ccccc23)c6cc2c3ccccc3n(-c3nc(-c4cccc6ccccc46)c4sc6ccccc6c4n3)c25)cc1. The zero-order valence-corrected chi connectivity index (χ0v) is 37.2. The maximum absolute atomic E-state index is 5.72. The number of thiophene rings is 1. The van der Waals surface area contributed by atoms with Crippen LogP contribution in [0.3, 0.4) is 0 Å². The highest BCUT2D eigenvalue weighted by Crippen LogP contribution is 2.50. The van der Waals surface area contributed by atoms with Gasteiger partial charge < -0.3 is 9.13 Å². The Morgan fingerprint density at radius 2 is 0.985 bits per heavy atom. The van der Waals surface area contributed by atoms with Gasteiger partial charge in [-0.2, -0.15) is 0 Å². The number of fused-ring (bicyclic) bond motifs is 13. The summed E-state index contributed by atoms with van der Waals surface area (Å²) < 4.78 is 9.72. The van der Waals surface area contributed by atoms with Crippen molar-refractivity contribution < 1.29 is 0 Å². The Labute approximate surface area is 391 Å². The maximum atomic E-state index is 5.72. The number of rotatable bonds is 4. The maximum Gasteiger partial charge on any atom is 0.235 e. The highest BCUT2D eigenvalue weighted by atomic mass is 32.1. The number of hydrogen-bond donors (Lipinski definition) is 0. The highest BCUT2D eigenvalue weighted by Gasteiger charge is 2.29. The molecular weight excluding hydrogens is 847 g/mol. The van der Waals surface area contributed by atoms with Gasteiger partial charge in [0.1, 0.15) is 0 Å².